The Bertz CT molecular complexity index is 477. The zero-order valence-corrected chi connectivity index (χ0v) is 9.49. The van der Waals surface area contributed by atoms with E-state index in [0.29, 0.717) is 0 Å². The van der Waals surface area contributed by atoms with Crippen molar-refractivity contribution in [3.63, 3.8) is 0 Å². The Morgan fingerprint density at radius 3 is 2.67 bits per heavy atom. The van der Waals surface area contributed by atoms with Gasteiger partial charge in [-0.25, -0.2) is 4.98 Å². The summed E-state index contributed by atoms with van der Waals surface area (Å²) in [5.41, 5.74) is 8.03. The number of aromatic nitrogens is 2. The second-order valence-corrected chi connectivity index (χ2v) is 4.72. The summed E-state index contributed by atoms with van der Waals surface area (Å²) >= 11 is 0. The number of benzene rings is 1. The zero-order valence-electron chi connectivity index (χ0n) is 9.49. The molecule has 15 heavy (non-hydrogen) atoms. The van der Waals surface area contributed by atoms with Gasteiger partial charge in [0.15, 0.2) is 0 Å². The highest BCUT2D eigenvalue weighted by molar-refractivity contribution is 5.75. The maximum absolute atomic E-state index is 6.04. The van der Waals surface area contributed by atoms with E-state index < -0.39 is 0 Å². The van der Waals surface area contributed by atoms with Crippen molar-refractivity contribution >= 4 is 11.0 Å². The van der Waals surface area contributed by atoms with E-state index in [4.69, 9.17) is 5.73 Å². The molecule has 0 fully saturated rings. The third-order valence-electron chi connectivity index (χ3n) is 2.41. The third-order valence-corrected chi connectivity index (χ3v) is 2.41. The molecule has 0 unspecified atom stereocenters. The molecule has 0 saturated heterocycles. The van der Waals surface area contributed by atoms with Crippen LogP contribution in [0.5, 0.6) is 0 Å². The molecule has 0 bridgehead atoms. The molecule has 0 spiro atoms. The number of para-hydroxylation sites is 2. The highest BCUT2D eigenvalue weighted by Gasteiger charge is 2.15. The van der Waals surface area contributed by atoms with E-state index in [1.165, 1.54) is 0 Å². The fraction of sp³-hybridized carbons (Fsp3) is 0.417. The molecule has 2 N–H and O–H groups in total. The van der Waals surface area contributed by atoms with Gasteiger partial charge in [0.1, 0.15) is 5.82 Å². The largest absolute Gasteiger partial charge is 0.326 e. The van der Waals surface area contributed by atoms with Gasteiger partial charge in [-0.2, -0.15) is 0 Å². The van der Waals surface area contributed by atoms with Gasteiger partial charge in [-0.1, -0.05) is 12.1 Å². The van der Waals surface area contributed by atoms with Crippen molar-refractivity contribution in [1.82, 2.24) is 9.55 Å². The summed E-state index contributed by atoms with van der Waals surface area (Å²) in [5, 5.41) is 0. The summed E-state index contributed by atoms with van der Waals surface area (Å²) in [6, 6.07) is 8.15. The Morgan fingerprint density at radius 1 is 1.33 bits per heavy atom. The normalized spacial score (nSPS) is 12.3. The molecule has 1 aromatic carbocycles. The van der Waals surface area contributed by atoms with E-state index in [2.05, 4.69) is 15.6 Å². The molecule has 80 valence electrons. The second kappa shape index (κ2) is 3.35. The number of aryl methyl sites for hydroxylation is 1. The zero-order chi connectivity index (χ0) is 11.1. The second-order valence-electron chi connectivity index (χ2n) is 4.72. The molecular weight excluding hydrogens is 186 g/mol. The molecule has 1 heterocycles. The van der Waals surface area contributed by atoms with E-state index in [9.17, 15) is 0 Å². The van der Waals surface area contributed by atoms with E-state index in [1.54, 1.807) is 0 Å². The van der Waals surface area contributed by atoms with Crippen molar-refractivity contribution in [3.05, 3.63) is 30.1 Å². The van der Waals surface area contributed by atoms with Crippen LogP contribution in [0.2, 0.25) is 0 Å². The monoisotopic (exact) mass is 203 g/mol. The summed E-state index contributed by atoms with van der Waals surface area (Å²) in [7, 11) is 0. The minimum Gasteiger partial charge on any atom is -0.326 e. The first-order valence-corrected chi connectivity index (χ1v) is 5.18. The molecule has 0 aliphatic rings. The first kappa shape index (κ1) is 10.2. The quantitative estimate of drug-likeness (QED) is 0.812. The van der Waals surface area contributed by atoms with Crippen molar-refractivity contribution in [2.45, 2.75) is 32.9 Å². The highest BCUT2D eigenvalue weighted by Crippen LogP contribution is 2.17. The molecule has 0 amide bonds. The number of imidazole rings is 1. The van der Waals surface area contributed by atoms with Gasteiger partial charge in [-0.15, -0.1) is 0 Å². The molecular formula is C12H17N3. The van der Waals surface area contributed by atoms with E-state index in [0.717, 1.165) is 23.4 Å². The third kappa shape index (κ3) is 2.02. The fourth-order valence-corrected chi connectivity index (χ4v) is 1.80. The Labute approximate surface area is 89.9 Å². The van der Waals surface area contributed by atoms with Crippen LogP contribution in [0.3, 0.4) is 0 Å². The molecule has 0 atom stereocenters. The number of hydrogen-bond donors (Lipinski definition) is 1. The lowest BCUT2D eigenvalue weighted by Crippen LogP contribution is -2.37. The predicted octanol–water partition coefficient (Wildman–Crippen LogP) is 2.08. The minimum absolute atomic E-state index is 0.214. The molecule has 3 heteroatoms. The van der Waals surface area contributed by atoms with Crippen LogP contribution in [-0.2, 0) is 6.54 Å². The molecule has 3 nitrogen and oxygen atoms in total. The van der Waals surface area contributed by atoms with Gasteiger partial charge < -0.3 is 10.3 Å². The Morgan fingerprint density at radius 2 is 2.00 bits per heavy atom. The summed E-state index contributed by atoms with van der Waals surface area (Å²) < 4.78 is 2.18. The Hall–Kier alpha value is -1.35. The average molecular weight is 203 g/mol. The topological polar surface area (TPSA) is 43.8 Å². The fourth-order valence-electron chi connectivity index (χ4n) is 1.80. The van der Waals surface area contributed by atoms with Crippen LogP contribution >= 0.6 is 0 Å². The van der Waals surface area contributed by atoms with Crippen molar-refractivity contribution in [1.29, 1.82) is 0 Å². The van der Waals surface area contributed by atoms with Gasteiger partial charge in [-0.3, -0.25) is 0 Å². The summed E-state index contributed by atoms with van der Waals surface area (Å²) in [5.74, 6) is 1.02. The number of nitrogens with zero attached hydrogens (tertiary/aromatic N) is 2. The molecule has 0 aliphatic carbocycles. The lowest BCUT2D eigenvalue weighted by molar-refractivity contribution is 0.435. The first-order chi connectivity index (χ1) is 6.97. The number of fused-ring (bicyclic) bond motifs is 1. The van der Waals surface area contributed by atoms with Gasteiger partial charge in [0, 0.05) is 12.1 Å². The summed E-state index contributed by atoms with van der Waals surface area (Å²) in [6.45, 7) is 6.87. The van der Waals surface area contributed by atoms with Crippen LogP contribution in [0.25, 0.3) is 11.0 Å². The van der Waals surface area contributed by atoms with Gasteiger partial charge >= 0.3 is 0 Å². The smallest absolute Gasteiger partial charge is 0.106 e. The maximum atomic E-state index is 6.04. The minimum atomic E-state index is -0.214. The van der Waals surface area contributed by atoms with Crippen molar-refractivity contribution < 1.29 is 0 Å². The number of rotatable bonds is 2. The average Bonchev–Trinajstić information content (AvgIpc) is 2.41. The maximum Gasteiger partial charge on any atom is 0.106 e. The SMILES string of the molecule is Cc1nc2ccccc2n1CC(C)(C)N. The molecule has 2 rings (SSSR count). The summed E-state index contributed by atoms with van der Waals surface area (Å²) in [4.78, 5) is 4.50. The van der Waals surface area contributed by atoms with Crippen molar-refractivity contribution in [2.24, 2.45) is 5.73 Å². The molecule has 0 aliphatic heterocycles. The van der Waals surface area contributed by atoms with Crippen LogP contribution in [0.4, 0.5) is 0 Å². The van der Waals surface area contributed by atoms with Crippen LogP contribution in [0, 0.1) is 6.92 Å². The lowest BCUT2D eigenvalue weighted by atomic mass is 10.1. The van der Waals surface area contributed by atoms with Gasteiger partial charge in [0.2, 0.25) is 0 Å². The van der Waals surface area contributed by atoms with E-state index in [-0.39, 0.29) is 5.54 Å². The number of nitrogens with two attached hydrogens (primary N) is 1. The van der Waals surface area contributed by atoms with Gasteiger partial charge in [0.05, 0.1) is 11.0 Å². The van der Waals surface area contributed by atoms with Crippen LogP contribution in [0.1, 0.15) is 19.7 Å². The highest BCUT2D eigenvalue weighted by atomic mass is 15.1. The standard InChI is InChI=1S/C12H17N3/c1-9-14-10-6-4-5-7-11(10)15(9)8-12(2,3)13/h4-7H,8,13H2,1-3H3. The first-order valence-electron chi connectivity index (χ1n) is 5.18. The molecule has 1 aromatic heterocycles. The van der Waals surface area contributed by atoms with Crippen molar-refractivity contribution in [2.75, 3.05) is 0 Å². The van der Waals surface area contributed by atoms with Gasteiger partial charge in [-0.05, 0) is 32.9 Å². The van der Waals surface area contributed by atoms with Crippen LogP contribution in [0.15, 0.2) is 24.3 Å². The lowest BCUT2D eigenvalue weighted by Gasteiger charge is -2.20. The van der Waals surface area contributed by atoms with Gasteiger partial charge in [0.25, 0.3) is 0 Å². The van der Waals surface area contributed by atoms with Crippen LogP contribution < -0.4 is 5.73 Å². The molecule has 2 aromatic rings. The van der Waals surface area contributed by atoms with Crippen molar-refractivity contribution in [3.8, 4) is 0 Å². The Kier molecular flexibility index (Phi) is 2.27. The van der Waals surface area contributed by atoms with E-state index >= 15 is 0 Å². The van der Waals surface area contributed by atoms with Crippen LogP contribution in [-0.4, -0.2) is 15.1 Å². The predicted molar refractivity (Wildman–Crippen MR) is 62.7 cm³/mol. The summed E-state index contributed by atoms with van der Waals surface area (Å²) in [6.07, 6.45) is 0. The van der Waals surface area contributed by atoms with E-state index in [1.807, 2.05) is 39.0 Å². The number of hydrogen-bond acceptors (Lipinski definition) is 2. The molecule has 0 saturated carbocycles. The Balaban J connectivity index is 2.54. The molecule has 0 radical (unpaired) electrons.